The van der Waals surface area contributed by atoms with E-state index in [1.165, 1.54) is 0 Å². The smallest absolute Gasteiger partial charge is 0.225 e. The van der Waals surface area contributed by atoms with Crippen LogP contribution in [0.15, 0.2) is 24.3 Å². The summed E-state index contributed by atoms with van der Waals surface area (Å²) in [4.78, 5) is 13.7. The Hall–Kier alpha value is -1.90. The van der Waals surface area contributed by atoms with Gasteiger partial charge in [-0.3, -0.25) is 4.79 Å². The maximum Gasteiger partial charge on any atom is 0.225 e. The normalized spacial score (nSPS) is 10.2. The molecule has 1 amide bonds. The molecule has 0 heterocycles. The summed E-state index contributed by atoms with van der Waals surface area (Å²) in [5.41, 5.74) is 1.31. The van der Waals surface area contributed by atoms with Crippen molar-refractivity contribution in [3.63, 3.8) is 0 Å². The molecule has 0 fully saturated rings. The van der Waals surface area contributed by atoms with Crippen molar-refractivity contribution in [3.05, 3.63) is 29.8 Å². The van der Waals surface area contributed by atoms with Crippen molar-refractivity contribution in [2.45, 2.75) is 6.42 Å². The lowest BCUT2D eigenvalue weighted by atomic mass is 10.2. The highest BCUT2D eigenvalue weighted by Gasteiger charge is 2.02. The molecule has 0 spiro atoms. The molecule has 1 rings (SSSR count). The third-order valence-electron chi connectivity index (χ3n) is 2.56. The minimum Gasteiger partial charge on any atom is -0.326 e. The molecule has 5 nitrogen and oxygen atoms in total. The minimum absolute atomic E-state index is 0.0259. The molecule has 19 heavy (non-hydrogen) atoms. The lowest BCUT2D eigenvalue weighted by molar-refractivity contribution is -0.116. The quantitative estimate of drug-likeness (QED) is 0.719. The van der Waals surface area contributed by atoms with Crippen molar-refractivity contribution in [1.29, 1.82) is 5.26 Å². The van der Waals surface area contributed by atoms with Crippen molar-refractivity contribution < 1.29 is 4.79 Å². The molecule has 0 radical (unpaired) electrons. The molecule has 0 bridgehead atoms. The van der Waals surface area contributed by atoms with Gasteiger partial charge in [0.15, 0.2) is 0 Å². The van der Waals surface area contributed by atoms with Crippen molar-refractivity contribution in [2.75, 3.05) is 39.0 Å². The molecule has 1 aromatic rings. The summed E-state index contributed by atoms with van der Waals surface area (Å²) in [6.07, 6.45) is 0.438. The van der Waals surface area contributed by atoms with Gasteiger partial charge in [0, 0.05) is 31.7 Å². The van der Waals surface area contributed by atoms with Crippen LogP contribution in [0.1, 0.15) is 12.0 Å². The average molecular weight is 260 g/mol. The van der Waals surface area contributed by atoms with Gasteiger partial charge in [0.1, 0.15) is 0 Å². The number of likely N-dealkylation sites (N-methyl/N-ethyl adjacent to an activating group) is 1. The molecule has 0 aliphatic heterocycles. The summed E-state index contributed by atoms with van der Waals surface area (Å²) in [6.45, 7) is 2.49. The monoisotopic (exact) mass is 260 g/mol. The molecule has 0 saturated heterocycles. The van der Waals surface area contributed by atoms with Crippen molar-refractivity contribution in [1.82, 2.24) is 10.2 Å². The van der Waals surface area contributed by atoms with Crippen LogP contribution in [-0.2, 0) is 4.79 Å². The molecule has 0 aliphatic carbocycles. The predicted octanol–water partition coefficient (Wildman–Crippen LogP) is 1.04. The number of hydrogen-bond donors (Lipinski definition) is 2. The van der Waals surface area contributed by atoms with Crippen LogP contribution in [0, 0.1) is 11.3 Å². The van der Waals surface area contributed by atoms with Gasteiger partial charge in [0.05, 0.1) is 11.6 Å². The molecule has 0 saturated carbocycles. The summed E-state index contributed by atoms with van der Waals surface area (Å²) >= 11 is 0. The van der Waals surface area contributed by atoms with Crippen LogP contribution in [0.2, 0.25) is 0 Å². The lowest BCUT2D eigenvalue weighted by Crippen LogP contribution is -2.29. The number of amides is 1. The average Bonchev–Trinajstić information content (AvgIpc) is 2.39. The SMILES string of the molecule is CN(C)CCNCCC(=O)Nc1ccc(C#N)cc1. The summed E-state index contributed by atoms with van der Waals surface area (Å²) in [7, 11) is 4.03. The van der Waals surface area contributed by atoms with E-state index in [9.17, 15) is 4.79 Å². The van der Waals surface area contributed by atoms with E-state index in [2.05, 4.69) is 15.5 Å². The summed E-state index contributed by atoms with van der Waals surface area (Å²) in [6, 6.07) is 8.87. The Morgan fingerprint density at radius 3 is 2.53 bits per heavy atom. The van der Waals surface area contributed by atoms with Gasteiger partial charge in [-0.1, -0.05) is 0 Å². The van der Waals surface area contributed by atoms with Gasteiger partial charge in [-0.2, -0.15) is 5.26 Å². The van der Waals surface area contributed by atoms with E-state index in [-0.39, 0.29) is 5.91 Å². The second-order valence-corrected chi connectivity index (χ2v) is 4.54. The number of rotatable bonds is 7. The minimum atomic E-state index is -0.0259. The van der Waals surface area contributed by atoms with Crippen molar-refractivity contribution in [3.8, 4) is 6.07 Å². The molecule has 0 aromatic heterocycles. The van der Waals surface area contributed by atoms with Gasteiger partial charge in [-0.15, -0.1) is 0 Å². The van der Waals surface area contributed by atoms with E-state index >= 15 is 0 Å². The molecule has 1 aromatic carbocycles. The van der Waals surface area contributed by atoms with Crippen molar-refractivity contribution >= 4 is 11.6 Å². The van der Waals surface area contributed by atoms with Gasteiger partial charge in [0.2, 0.25) is 5.91 Å². The third kappa shape index (κ3) is 6.55. The van der Waals surface area contributed by atoms with Crippen LogP contribution < -0.4 is 10.6 Å². The first-order valence-electron chi connectivity index (χ1n) is 6.27. The van der Waals surface area contributed by atoms with E-state index < -0.39 is 0 Å². The second-order valence-electron chi connectivity index (χ2n) is 4.54. The fourth-order valence-electron chi connectivity index (χ4n) is 1.48. The van der Waals surface area contributed by atoms with Crippen LogP contribution in [0.25, 0.3) is 0 Å². The highest BCUT2D eigenvalue weighted by Crippen LogP contribution is 2.08. The predicted molar refractivity (Wildman–Crippen MR) is 75.8 cm³/mol. The maximum atomic E-state index is 11.6. The number of carbonyl (C=O) groups is 1. The summed E-state index contributed by atoms with van der Waals surface area (Å²) in [5.74, 6) is -0.0259. The highest BCUT2D eigenvalue weighted by atomic mass is 16.1. The molecular weight excluding hydrogens is 240 g/mol. The Kier molecular flexibility index (Phi) is 6.58. The number of hydrogen-bond acceptors (Lipinski definition) is 4. The zero-order valence-corrected chi connectivity index (χ0v) is 11.4. The molecule has 102 valence electrons. The summed E-state index contributed by atoms with van der Waals surface area (Å²) < 4.78 is 0. The first-order valence-corrected chi connectivity index (χ1v) is 6.27. The van der Waals surface area contributed by atoms with Gasteiger partial charge < -0.3 is 15.5 Å². The van der Waals surface area contributed by atoms with E-state index in [1.807, 2.05) is 20.2 Å². The number of carbonyl (C=O) groups excluding carboxylic acids is 1. The molecule has 2 N–H and O–H groups in total. The maximum absolute atomic E-state index is 11.6. The molecule has 0 aliphatic rings. The van der Waals surface area contributed by atoms with Crippen LogP contribution in [0.4, 0.5) is 5.69 Å². The number of benzene rings is 1. The first-order chi connectivity index (χ1) is 9.11. The topological polar surface area (TPSA) is 68.2 Å². The van der Waals surface area contributed by atoms with Crippen LogP contribution in [-0.4, -0.2) is 44.5 Å². The number of nitrogens with one attached hydrogen (secondary N) is 2. The zero-order valence-electron chi connectivity index (χ0n) is 11.4. The first kappa shape index (κ1) is 15.2. The fraction of sp³-hybridized carbons (Fsp3) is 0.429. The Morgan fingerprint density at radius 2 is 1.95 bits per heavy atom. The Balaban J connectivity index is 2.22. The van der Waals surface area contributed by atoms with Crippen molar-refractivity contribution in [2.24, 2.45) is 0 Å². The fourth-order valence-corrected chi connectivity index (χ4v) is 1.48. The number of nitriles is 1. The van der Waals surface area contributed by atoms with E-state index in [4.69, 9.17) is 5.26 Å². The second kappa shape index (κ2) is 8.25. The third-order valence-corrected chi connectivity index (χ3v) is 2.56. The van der Waals surface area contributed by atoms with E-state index in [0.29, 0.717) is 18.5 Å². The molecular formula is C14H20N4O. The van der Waals surface area contributed by atoms with Gasteiger partial charge in [-0.25, -0.2) is 0 Å². The molecule has 0 unspecified atom stereocenters. The number of nitrogens with zero attached hydrogens (tertiary/aromatic N) is 2. The molecule has 0 atom stereocenters. The van der Waals surface area contributed by atoms with Gasteiger partial charge in [-0.05, 0) is 38.4 Å². The zero-order chi connectivity index (χ0) is 14.1. The van der Waals surface area contributed by atoms with E-state index in [0.717, 1.165) is 18.8 Å². The number of anilines is 1. The lowest BCUT2D eigenvalue weighted by Gasteiger charge is -2.10. The van der Waals surface area contributed by atoms with Gasteiger partial charge >= 0.3 is 0 Å². The van der Waals surface area contributed by atoms with Crippen LogP contribution in [0.3, 0.4) is 0 Å². The Morgan fingerprint density at radius 1 is 1.26 bits per heavy atom. The molecule has 5 heteroatoms. The standard InChI is InChI=1S/C14H20N4O/c1-18(2)10-9-16-8-7-14(19)17-13-5-3-12(11-15)4-6-13/h3-6,16H,7-10H2,1-2H3,(H,17,19). The Labute approximate surface area is 114 Å². The van der Waals surface area contributed by atoms with E-state index in [1.54, 1.807) is 24.3 Å². The van der Waals surface area contributed by atoms with Crippen LogP contribution >= 0.6 is 0 Å². The Bertz CT molecular complexity index is 434. The van der Waals surface area contributed by atoms with Gasteiger partial charge in [0.25, 0.3) is 0 Å². The highest BCUT2D eigenvalue weighted by molar-refractivity contribution is 5.90. The van der Waals surface area contributed by atoms with Crippen LogP contribution in [0.5, 0.6) is 0 Å². The largest absolute Gasteiger partial charge is 0.326 e. The summed E-state index contributed by atoms with van der Waals surface area (Å²) in [5, 5.41) is 14.7.